The van der Waals surface area contributed by atoms with E-state index in [4.69, 9.17) is 15.0 Å². The molecule has 0 saturated heterocycles. The fraction of sp³-hybridized carbons (Fsp3) is 0. The van der Waals surface area contributed by atoms with E-state index in [0.717, 1.165) is 0 Å². The monoisotopic (exact) mass is 153 g/mol. The van der Waals surface area contributed by atoms with Gasteiger partial charge >= 0.3 is 10.6 Å². The van der Waals surface area contributed by atoms with Gasteiger partial charge < -0.3 is 10.2 Å². The minimum absolute atomic E-state index is 2.13. The lowest BCUT2D eigenvalue weighted by atomic mass is 11.6. The molecule has 7 heteroatoms. The molecule has 0 spiro atoms. The van der Waals surface area contributed by atoms with Gasteiger partial charge in [-0.2, -0.15) is 0 Å². The number of rotatable bonds is 0. The lowest BCUT2D eigenvalue weighted by molar-refractivity contribution is 0.214. The normalized spacial score (nSPS) is 10.7. The maximum atomic E-state index is 10.1. The summed E-state index contributed by atoms with van der Waals surface area (Å²) in [6.07, 6.45) is 0. The first-order valence-corrected chi connectivity index (χ1v) is 3.19. The molecule has 52 valence electrons. The van der Waals surface area contributed by atoms with Crippen LogP contribution in [-0.2, 0) is 9.73 Å². The zero-order chi connectivity index (χ0) is 7.65. The van der Waals surface area contributed by atoms with Gasteiger partial charge in [0.05, 0.1) is 0 Å². The third-order valence-electron chi connectivity index (χ3n) is 0.492. The van der Waals surface area contributed by atoms with E-state index in [-0.39, 0.29) is 0 Å². The maximum absolute atomic E-state index is 10.1. The van der Waals surface area contributed by atoms with Crippen molar-refractivity contribution in [3.8, 4) is 0 Å². The van der Waals surface area contributed by atoms with Crippen molar-refractivity contribution in [1.29, 1.82) is 4.78 Å². The summed E-state index contributed by atoms with van der Waals surface area (Å²) in [6.45, 7) is 0. The van der Waals surface area contributed by atoms with Crippen molar-refractivity contribution in [2.45, 2.75) is 0 Å². The lowest BCUT2D eigenvalue weighted by Crippen LogP contribution is -2.18. The molecule has 3 N–H and O–H groups in total. The predicted octanol–water partition coefficient (Wildman–Crippen LogP) is 0.389. The van der Waals surface area contributed by atoms with E-state index in [1.54, 1.807) is 0 Å². The third-order valence-corrected chi connectivity index (χ3v) is 1.48. The average molecular weight is 153 g/mol. The Morgan fingerprint density at radius 2 is 1.44 bits per heavy atom. The van der Waals surface area contributed by atoms with Gasteiger partial charge in [0.15, 0.2) is 0 Å². The van der Waals surface area contributed by atoms with E-state index in [1.165, 1.54) is 0 Å². The molecule has 0 fully saturated rings. The maximum Gasteiger partial charge on any atom is 0.414 e. The Hall–Kier alpha value is -1.11. The van der Waals surface area contributed by atoms with E-state index >= 15 is 0 Å². The fourth-order valence-corrected chi connectivity index (χ4v) is 0.224. The molecule has 0 atom stereocenters. The van der Waals surface area contributed by atoms with Crippen LogP contribution in [0, 0.1) is 4.78 Å². The molecule has 0 radical (unpaired) electrons. The van der Waals surface area contributed by atoms with Crippen LogP contribution in [0.2, 0.25) is 0 Å². The van der Waals surface area contributed by atoms with Gasteiger partial charge in [0.1, 0.15) is 0 Å². The Kier molecular flexibility index (Phi) is 1.77. The van der Waals surface area contributed by atoms with Crippen LogP contribution in [0.3, 0.4) is 0 Å². The highest BCUT2D eigenvalue weighted by molar-refractivity contribution is 8.18. The highest BCUT2D eigenvalue weighted by Crippen LogP contribution is 1.93. The highest BCUT2D eigenvalue weighted by atomic mass is 32.2. The van der Waals surface area contributed by atoms with Crippen molar-refractivity contribution < 1.29 is 24.0 Å². The van der Waals surface area contributed by atoms with Gasteiger partial charge in [-0.25, -0.2) is 18.6 Å². The van der Waals surface area contributed by atoms with Crippen molar-refractivity contribution in [3.63, 3.8) is 0 Å². The highest BCUT2D eigenvalue weighted by Gasteiger charge is 2.25. The number of carboxylic acid groups (broad SMARTS) is 2. The smallest absolute Gasteiger partial charge is 0.414 e. The molecule has 0 bridgehead atoms. The quantitative estimate of drug-likeness (QED) is 0.465. The van der Waals surface area contributed by atoms with Gasteiger partial charge in [-0.3, -0.25) is 0 Å². The predicted molar refractivity (Wildman–Crippen MR) is 26.9 cm³/mol. The van der Waals surface area contributed by atoms with Crippen molar-refractivity contribution in [3.05, 3.63) is 0 Å². The van der Waals surface area contributed by atoms with Gasteiger partial charge in [-0.1, -0.05) is 0 Å². The van der Waals surface area contributed by atoms with Gasteiger partial charge in [-0.05, 0) is 0 Å². The van der Waals surface area contributed by atoms with Crippen LogP contribution < -0.4 is 0 Å². The standard InChI is InChI=1S/C2H3NO5S/c3-9(8,1(4)5)2(6)7/h3H,(H,4,5)(H,6,7). The fourth-order valence-electron chi connectivity index (χ4n) is 0.0747. The molecule has 0 aromatic rings. The molecule has 0 rings (SSSR count). The van der Waals surface area contributed by atoms with E-state index in [9.17, 15) is 13.8 Å². The van der Waals surface area contributed by atoms with Crippen LogP contribution in [0.1, 0.15) is 0 Å². The number of hydrogen-bond donors (Lipinski definition) is 3. The van der Waals surface area contributed by atoms with Gasteiger partial charge in [0.25, 0.3) is 0 Å². The first-order valence-electron chi connectivity index (χ1n) is 1.63. The van der Waals surface area contributed by atoms with Crippen LogP contribution in [0.25, 0.3) is 0 Å². The molecule has 6 nitrogen and oxygen atoms in total. The van der Waals surface area contributed by atoms with E-state index in [2.05, 4.69) is 0 Å². The second kappa shape index (κ2) is 2.02. The molecule has 9 heavy (non-hydrogen) atoms. The van der Waals surface area contributed by atoms with Crippen LogP contribution in [0.4, 0.5) is 9.59 Å². The second-order valence-corrected chi connectivity index (χ2v) is 2.90. The van der Waals surface area contributed by atoms with Crippen molar-refractivity contribution in [2.24, 2.45) is 0 Å². The van der Waals surface area contributed by atoms with Crippen LogP contribution in [0.5, 0.6) is 0 Å². The Bertz CT molecular complexity index is 218. The van der Waals surface area contributed by atoms with Crippen molar-refractivity contribution in [2.75, 3.05) is 0 Å². The molecule has 0 aliphatic rings. The number of nitrogens with one attached hydrogen (secondary N) is 1. The minimum atomic E-state index is -4.48. The Balaban J connectivity index is 4.87. The summed E-state index contributed by atoms with van der Waals surface area (Å²) in [4.78, 5) is 19.2. The molecule has 0 heterocycles. The Morgan fingerprint density at radius 1 is 1.22 bits per heavy atom. The zero-order valence-corrected chi connectivity index (χ0v) is 4.84. The van der Waals surface area contributed by atoms with Crippen LogP contribution in [-0.4, -0.2) is 25.0 Å². The minimum Gasteiger partial charge on any atom is -0.470 e. The first kappa shape index (κ1) is 7.89. The molecule has 0 saturated carbocycles. The second-order valence-electron chi connectivity index (χ2n) is 1.09. The van der Waals surface area contributed by atoms with Gasteiger partial charge in [0, 0.05) is 0 Å². The van der Waals surface area contributed by atoms with Crippen LogP contribution >= 0.6 is 0 Å². The van der Waals surface area contributed by atoms with E-state index < -0.39 is 20.3 Å². The largest absolute Gasteiger partial charge is 0.470 e. The molecule has 0 aliphatic carbocycles. The molecular formula is C2H3NO5S. The summed E-state index contributed by atoms with van der Waals surface area (Å²) in [7, 11) is -4.48. The Labute approximate surface area is 50.1 Å². The first-order chi connectivity index (χ1) is 3.89. The van der Waals surface area contributed by atoms with Gasteiger partial charge in [0.2, 0.25) is 9.73 Å². The number of carbonyl (C=O) groups is 2. The van der Waals surface area contributed by atoms with E-state index in [0.29, 0.717) is 0 Å². The van der Waals surface area contributed by atoms with Crippen LogP contribution in [0.15, 0.2) is 0 Å². The van der Waals surface area contributed by atoms with Gasteiger partial charge in [-0.15, -0.1) is 0 Å². The number of hydrogen-bond acceptors (Lipinski definition) is 4. The summed E-state index contributed by atoms with van der Waals surface area (Å²) in [5.74, 6) is 0. The van der Waals surface area contributed by atoms with E-state index in [1.807, 2.05) is 0 Å². The summed E-state index contributed by atoms with van der Waals surface area (Å²) >= 11 is 0. The summed E-state index contributed by atoms with van der Waals surface area (Å²) in [6, 6.07) is 0. The molecular weight excluding hydrogens is 150 g/mol. The molecule has 0 aromatic heterocycles. The third kappa shape index (κ3) is 1.39. The van der Waals surface area contributed by atoms with Crippen molar-refractivity contribution in [1.82, 2.24) is 0 Å². The average Bonchev–Trinajstić information content (AvgIpc) is 1.65. The molecule has 0 amide bonds. The topological polar surface area (TPSA) is 116 Å². The molecule has 0 aromatic carbocycles. The Morgan fingerprint density at radius 3 is 1.44 bits per heavy atom. The lowest BCUT2D eigenvalue weighted by Gasteiger charge is -1.89. The molecule has 0 aliphatic heterocycles. The summed E-state index contributed by atoms with van der Waals surface area (Å²) in [5, 5.41) is 11.3. The summed E-state index contributed by atoms with van der Waals surface area (Å²) < 4.78 is 16.2. The summed E-state index contributed by atoms with van der Waals surface area (Å²) in [5.41, 5.74) is 0. The zero-order valence-electron chi connectivity index (χ0n) is 4.03. The SMILES string of the molecule is N=S(=O)(C(=O)O)C(=O)O. The molecule has 0 unspecified atom stereocenters. The van der Waals surface area contributed by atoms with Crippen molar-refractivity contribution >= 4 is 20.3 Å².